The Morgan fingerprint density at radius 1 is 1.43 bits per heavy atom. The van der Waals surface area contributed by atoms with Crippen LogP contribution in [0.2, 0.25) is 0 Å². The van der Waals surface area contributed by atoms with Crippen LogP contribution >= 0.6 is 0 Å². The zero-order valence-electron chi connectivity index (χ0n) is 13.0. The third-order valence-electron chi connectivity index (χ3n) is 3.41. The molecule has 0 spiro atoms. The number of aliphatic hydroxyl groups excluding tert-OH is 2. The van der Waals surface area contributed by atoms with Crippen molar-refractivity contribution in [2.75, 3.05) is 13.2 Å². The minimum absolute atomic E-state index is 0.243. The van der Waals surface area contributed by atoms with E-state index in [9.17, 15) is 15.0 Å². The number of benzene rings is 1. The molecular weight excluding hydrogens is 298 g/mol. The lowest BCUT2D eigenvalue weighted by atomic mass is 10.1. The van der Waals surface area contributed by atoms with Crippen molar-refractivity contribution in [1.29, 1.82) is 0 Å². The molecule has 0 saturated carbocycles. The number of aliphatic hydroxyl groups is 2. The predicted molar refractivity (Wildman–Crippen MR) is 86.1 cm³/mol. The Labute approximate surface area is 135 Å². The van der Waals surface area contributed by atoms with E-state index in [2.05, 4.69) is 11.9 Å². The molecule has 0 radical (unpaired) electrons. The SMILES string of the molecule is C=C1C=Cc2ccc(OCC[C@@H](O)[C@H](CO)NC(C)=O)cc2O1. The Morgan fingerprint density at radius 3 is 2.91 bits per heavy atom. The number of allylic oxidation sites excluding steroid dienone is 1. The van der Waals surface area contributed by atoms with E-state index < -0.39 is 12.1 Å². The van der Waals surface area contributed by atoms with E-state index in [4.69, 9.17) is 9.47 Å². The maximum Gasteiger partial charge on any atom is 0.217 e. The van der Waals surface area contributed by atoms with Gasteiger partial charge in [0.2, 0.25) is 5.91 Å². The molecule has 0 aliphatic carbocycles. The molecule has 1 amide bonds. The molecule has 0 unspecified atom stereocenters. The van der Waals surface area contributed by atoms with Crippen LogP contribution in [-0.2, 0) is 4.79 Å². The number of rotatable bonds is 7. The number of hydrogen-bond donors (Lipinski definition) is 3. The summed E-state index contributed by atoms with van der Waals surface area (Å²) in [7, 11) is 0. The van der Waals surface area contributed by atoms with Gasteiger partial charge in [-0.1, -0.05) is 6.58 Å². The van der Waals surface area contributed by atoms with Crippen LogP contribution in [0.25, 0.3) is 6.08 Å². The van der Waals surface area contributed by atoms with E-state index in [1.54, 1.807) is 12.1 Å². The number of ether oxygens (including phenoxy) is 2. The van der Waals surface area contributed by atoms with Crippen LogP contribution in [0.3, 0.4) is 0 Å². The van der Waals surface area contributed by atoms with Crippen molar-refractivity contribution in [2.45, 2.75) is 25.5 Å². The van der Waals surface area contributed by atoms with Gasteiger partial charge in [-0.05, 0) is 24.3 Å². The summed E-state index contributed by atoms with van der Waals surface area (Å²) in [5, 5.41) is 21.6. The number of hydrogen-bond acceptors (Lipinski definition) is 5. The second kappa shape index (κ2) is 7.80. The lowest BCUT2D eigenvalue weighted by molar-refractivity contribution is -0.121. The topological polar surface area (TPSA) is 88.0 Å². The number of fused-ring (bicyclic) bond motifs is 1. The molecule has 3 N–H and O–H groups in total. The highest BCUT2D eigenvalue weighted by molar-refractivity contribution is 5.73. The quantitative estimate of drug-likeness (QED) is 0.703. The molecule has 0 aromatic heterocycles. The van der Waals surface area contributed by atoms with Gasteiger partial charge in [-0.3, -0.25) is 4.79 Å². The second-order valence-electron chi connectivity index (χ2n) is 5.30. The van der Waals surface area contributed by atoms with E-state index in [0.717, 1.165) is 5.56 Å². The zero-order valence-corrected chi connectivity index (χ0v) is 13.0. The number of carbonyl (C=O) groups excluding carboxylic acids is 1. The smallest absolute Gasteiger partial charge is 0.217 e. The summed E-state index contributed by atoms with van der Waals surface area (Å²) in [5.74, 6) is 1.54. The molecule has 124 valence electrons. The predicted octanol–water partition coefficient (Wildman–Crippen LogP) is 1.23. The number of amides is 1. The summed E-state index contributed by atoms with van der Waals surface area (Å²) in [4.78, 5) is 11.0. The van der Waals surface area contributed by atoms with Gasteiger partial charge in [-0.2, -0.15) is 0 Å². The van der Waals surface area contributed by atoms with Crippen LogP contribution in [0.4, 0.5) is 0 Å². The molecule has 1 aliphatic rings. The highest BCUT2D eigenvalue weighted by Crippen LogP contribution is 2.30. The molecule has 6 nitrogen and oxygen atoms in total. The van der Waals surface area contributed by atoms with Crippen molar-refractivity contribution < 1.29 is 24.5 Å². The monoisotopic (exact) mass is 319 g/mol. The van der Waals surface area contributed by atoms with Crippen LogP contribution < -0.4 is 14.8 Å². The average Bonchev–Trinajstić information content (AvgIpc) is 2.51. The fourth-order valence-corrected chi connectivity index (χ4v) is 2.21. The van der Waals surface area contributed by atoms with Gasteiger partial charge in [0.25, 0.3) is 0 Å². The summed E-state index contributed by atoms with van der Waals surface area (Å²) in [6, 6.07) is 4.74. The average molecular weight is 319 g/mol. The van der Waals surface area contributed by atoms with Gasteiger partial charge in [-0.15, -0.1) is 0 Å². The molecule has 0 saturated heterocycles. The highest BCUT2D eigenvalue weighted by atomic mass is 16.5. The lowest BCUT2D eigenvalue weighted by Gasteiger charge is -2.21. The minimum Gasteiger partial charge on any atom is -0.493 e. The summed E-state index contributed by atoms with van der Waals surface area (Å²) < 4.78 is 11.1. The molecular formula is C17H21NO5. The normalized spacial score (nSPS) is 15.3. The second-order valence-corrected chi connectivity index (χ2v) is 5.30. The maximum absolute atomic E-state index is 11.0. The first kappa shape index (κ1) is 17.1. The molecule has 2 atom stereocenters. The zero-order chi connectivity index (χ0) is 16.8. The lowest BCUT2D eigenvalue weighted by Crippen LogP contribution is -2.45. The molecule has 1 aliphatic heterocycles. The maximum atomic E-state index is 11.0. The fourth-order valence-electron chi connectivity index (χ4n) is 2.21. The van der Waals surface area contributed by atoms with Gasteiger partial charge >= 0.3 is 0 Å². The number of nitrogens with one attached hydrogen (secondary N) is 1. The van der Waals surface area contributed by atoms with Crippen molar-refractivity contribution in [2.24, 2.45) is 0 Å². The van der Waals surface area contributed by atoms with Gasteiger partial charge in [0.05, 0.1) is 25.4 Å². The van der Waals surface area contributed by atoms with Gasteiger partial charge in [-0.25, -0.2) is 0 Å². The molecule has 1 heterocycles. The standard InChI is InChI=1S/C17H21NO5/c1-11-3-4-13-5-6-14(9-17(13)23-11)22-8-7-16(21)15(10-19)18-12(2)20/h3-6,9,15-16,19,21H,1,7-8,10H2,2H3,(H,18,20)/t15-,16+/m0/s1. The van der Waals surface area contributed by atoms with Crippen LogP contribution in [0.15, 0.2) is 36.6 Å². The molecule has 0 bridgehead atoms. The third kappa shape index (κ3) is 4.84. The Bertz CT molecular complexity index is 611. The van der Waals surface area contributed by atoms with Crippen molar-refractivity contribution in [3.8, 4) is 11.5 Å². The molecule has 6 heteroatoms. The van der Waals surface area contributed by atoms with Crippen LogP contribution in [0, 0.1) is 0 Å². The van der Waals surface area contributed by atoms with E-state index >= 15 is 0 Å². The van der Waals surface area contributed by atoms with Crippen LogP contribution in [-0.4, -0.2) is 41.5 Å². The van der Waals surface area contributed by atoms with Crippen molar-refractivity contribution in [3.63, 3.8) is 0 Å². The number of carbonyl (C=O) groups is 1. The highest BCUT2D eigenvalue weighted by Gasteiger charge is 2.19. The van der Waals surface area contributed by atoms with Gasteiger partial charge in [0.1, 0.15) is 17.3 Å². The third-order valence-corrected chi connectivity index (χ3v) is 3.41. The summed E-state index contributed by atoms with van der Waals surface area (Å²) >= 11 is 0. The van der Waals surface area contributed by atoms with E-state index in [1.807, 2.05) is 18.2 Å². The fraction of sp³-hybridized carbons (Fsp3) is 0.353. The van der Waals surface area contributed by atoms with E-state index in [1.165, 1.54) is 6.92 Å². The molecule has 0 fully saturated rings. The summed E-state index contributed by atoms with van der Waals surface area (Å²) in [5.41, 5.74) is 0.941. The largest absolute Gasteiger partial charge is 0.493 e. The summed E-state index contributed by atoms with van der Waals surface area (Å²) in [6.45, 7) is 4.99. The van der Waals surface area contributed by atoms with Gasteiger partial charge < -0.3 is 25.0 Å². The van der Waals surface area contributed by atoms with Crippen molar-refractivity contribution in [1.82, 2.24) is 5.32 Å². The Hall–Kier alpha value is -2.31. The van der Waals surface area contributed by atoms with E-state index in [0.29, 0.717) is 17.3 Å². The first-order chi connectivity index (χ1) is 11.0. The Kier molecular flexibility index (Phi) is 5.78. The van der Waals surface area contributed by atoms with Crippen LogP contribution in [0.5, 0.6) is 11.5 Å². The van der Waals surface area contributed by atoms with Gasteiger partial charge in [0, 0.05) is 25.0 Å². The Balaban J connectivity index is 1.87. The molecule has 1 aromatic carbocycles. The molecule has 1 aromatic rings. The Morgan fingerprint density at radius 2 is 2.22 bits per heavy atom. The van der Waals surface area contributed by atoms with Crippen molar-refractivity contribution in [3.05, 3.63) is 42.2 Å². The molecule has 2 rings (SSSR count). The minimum atomic E-state index is -0.888. The first-order valence-electron chi connectivity index (χ1n) is 7.37. The van der Waals surface area contributed by atoms with E-state index in [-0.39, 0.29) is 25.5 Å². The molecule has 23 heavy (non-hydrogen) atoms. The first-order valence-corrected chi connectivity index (χ1v) is 7.37. The van der Waals surface area contributed by atoms with Crippen LogP contribution in [0.1, 0.15) is 18.9 Å². The van der Waals surface area contributed by atoms with Gasteiger partial charge in [0.15, 0.2) is 0 Å². The summed E-state index contributed by atoms with van der Waals surface area (Å²) in [6.07, 6.45) is 3.08. The van der Waals surface area contributed by atoms with Crippen molar-refractivity contribution >= 4 is 12.0 Å².